The summed E-state index contributed by atoms with van der Waals surface area (Å²) in [6.07, 6.45) is 0. The number of ether oxygens (including phenoxy) is 1. The molecule has 5 heteroatoms. The first-order valence-electron chi connectivity index (χ1n) is 5.53. The van der Waals surface area contributed by atoms with Crippen molar-refractivity contribution in [1.82, 2.24) is 0 Å². The average molecular weight is 357 g/mol. The summed E-state index contributed by atoms with van der Waals surface area (Å²) in [7, 11) is 0. The number of thiocarbonyl (C=S) groups is 1. The fourth-order valence-corrected chi connectivity index (χ4v) is 2.63. The second kappa shape index (κ2) is 6.37. The van der Waals surface area contributed by atoms with Crippen LogP contribution >= 0.6 is 39.7 Å². The fraction of sp³-hybridized carbons (Fsp3) is 0.0714. The van der Waals surface area contributed by atoms with Gasteiger partial charge in [-0.3, -0.25) is 0 Å². The van der Waals surface area contributed by atoms with Crippen molar-refractivity contribution >= 4 is 44.7 Å². The number of rotatable bonds is 4. The number of hydrogen-bond acceptors (Lipinski definition) is 2. The summed E-state index contributed by atoms with van der Waals surface area (Å²) in [5.41, 5.74) is 7.45. The summed E-state index contributed by atoms with van der Waals surface area (Å²) < 4.78 is 6.59. The predicted molar refractivity (Wildman–Crippen MR) is 85.8 cm³/mol. The lowest BCUT2D eigenvalue weighted by Crippen LogP contribution is -2.12. The maximum Gasteiger partial charge on any atom is 0.131 e. The Kier molecular flexibility index (Phi) is 4.80. The largest absolute Gasteiger partial charge is 0.488 e. The molecule has 2 rings (SSSR count). The lowest BCUT2D eigenvalue weighted by Gasteiger charge is -2.12. The van der Waals surface area contributed by atoms with Crippen molar-refractivity contribution in [2.75, 3.05) is 0 Å². The Bertz CT molecular complexity index is 601. The Morgan fingerprint density at radius 1 is 1.21 bits per heavy atom. The molecule has 2 N–H and O–H groups in total. The van der Waals surface area contributed by atoms with E-state index in [-0.39, 0.29) is 0 Å². The smallest absolute Gasteiger partial charge is 0.131 e. The molecular weight excluding hydrogens is 346 g/mol. The van der Waals surface area contributed by atoms with Gasteiger partial charge in [-0.25, -0.2) is 0 Å². The Morgan fingerprint density at radius 3 is 2.53 bits per heavy atom. The highest BCUT2D eigenvalue weighted by Gasteiger charge is 2.10. The molecule has 0 fully saturated rings. The van der Waals surface area contributed by atoms with Crippen LogP contribution in [0.15, 0.2) is 46.9 Å². The lowest BCUT2D eigenvalue weighted by atomic mass is 10.2. The molecule has 0 aromatic heterocycles. The molecule has 0 atom stereocenters. The van der Waals surface area contributed by atoms with Crippen LogP contribution in [0, 0.1) is 0 Å². The first kappa shape index (κ1) is 14.3. The molecule has 0 saturated heterocycles. The molecule has 0 aliphatic rings. The van der Waals surface area contributed by atoms with Crippen LogP contribution in [0.3, 0.4) is 0 Å². The second-order valence-corrected chi connectivity index (χ2v) is 5.62. The molecule has 0 amide bonds. The predicted octanol–water partition coefficient (Wildman–Crippen LogP) is 4.32. The van der Waals surface area contributed by atoms with Crippen molar-refractivity contribution in [2.45, 2.75) is 6.61 Å². The summed E-state index contributed by atoms with van der Waals surface area (Å²) in [5, 5.41) is 0.704. The first-order valence-corrected chi connectivity index (χ1v) is 7.11. The summed E-state index contributed by atoms with van der Waals surface area (Å²) in [5.74, 6) is 0.664. The summed E-state index contributed by atoms with van der Waals surface area (Å²) in [4.78, 5) is 0.304. The van der Waals surface area contributed by atoms with E-state index in [0.29, 0.717) is 27.9 Å². The van der Waals surface area contributed by atoms with E-state index in [1.807, 2.05) is 42.5 Å². The van der Waals surface area contributed by atoms with Gasteiger partial charge in [0.1, 0.15) is 17.3 Å². The monoisotopic (exact) mass is 355 g/mol. The Hall–Kier alpha value is -1.10. The van der Waals surface area contributed by atoms with Crippen molar-refractivity contribution in [2.24, 2.45) is 5.73 Å². The molecule has 0 saturated carbocycles. The summed E-state index contributed by atoms with van der Waals surface area (Å²) in [6, 6.07) is 13.1. The van der Waals surface area contributed by atoms with E-state index in [9.17, 15) is 0 Å². The zero-order valence-electron chi connectivity index (χ0n) is 9.90. The van der Waals surface area contributed by atoms with E-state index in [2.05, 4.69) is 15.9 Å². The number of benzene rings is 2. The van der Waals surface area contributed by atoms with E-state index in [1.165, 1.54) is 0 Å². The van der Waals surface area contributed by atoms with Gasteiger partial charge in [-0.1, -0.05) is 42.0 Å². The quantitative estimate of drug-likeness (QED) is 0.829. The van der Waals surface area contributed by atoms with E-state index in [1.54, 1.807) is 0 Å². The third kappa shape index (κ3) is 3.69. The number of nitrogens with two attached hydrogens (primary N) is 1. The molecule has 0 bridgehead atoms. The molecule has 0 unspecified atom stereocenters. The Labute approximate surface area is 130 Å². The van der Waals surface area contributed by atoms with Gasteiger partial charge in [0.25, 0.3) is 0 Å². The van der Waals surface area contributed by atoms with Crippen LogP contribution in [-0.2, 0) is 6.61 Å². The molecule has 0 radical (unpaired) electrons. The zero-order valence-corrected chi connectivity index (χ0v) is 13.1. The highest BCUT2D eigenvalue weighted by atomic mass is 79.9. The van der Waals surface area contributed by atoms with Crippen LogP contribution in [0.5, 0.6) is 5.75 Å². The number of hydrogen-bond donors (Lipinski definition) is 1. The molecular formula is C14H11BrClNOS. The maximum atomic E-state index is 5.84. The van der Waals surface area contributed by atoms with Crippen molar-refractivity contribution in [3.05, 3.63) is 63.1 Å². The van der Waals surface area contributed by atoms with Crippen molar-refractivity contribution in [3.63, 3.8) is 0 Å². The van der Waals surface area contributed by atoms with Crippen LogP contribution in [0.2, 0.25) is 5.02 Å². The van der Waals surface area contributed by atoms with Gasteiger partial charge >= 0.3 is 0 Å². The van der Waals surface area contributed by atoms with E-state index in [0.717, 1.165) is 10.0 Å². The SMILES string of the molecule is NC(=S)c1c(Br)cccc1OCc1ccc(Cl)cc1. The van der Waals surface area contributed by atoms with Gasteiger partial charge in [-0.15, -0.1) is 0 Å². The lowest BCUT2D eigenvalue weighted by molar-refractivity contribution is 0.305. The zero-order chi connectivity index (χ0) is 13.8. The van der Waals surface area contributed by atoms with Crippen molar-refractivity contribution in [1.29, 1.82) is 0 Å². The Morgan fingerprint density at radius 2 is 1.89 bits per heavy atom. The van der Waals surface area contributed by atoms with Crippen molar-refractivity contribution in [3.8, 4) is 5.75 Å². The molecule has 0 aliphatic carbocycles. The van der Waals surface area contributed by atoms with Crippen LogP contribution in [-0.4, -0.2) is 4.99 Å². The molecule has 2 nitrogen and oxygen atoms in total. The third-order valence-corrected chi connectivity index (χ3v) is 3.65. The van der Waals surface area contributed by atoms with Gasteiger partial charge in [-0.05, 0) is 45.8 Å². The standard InChI is InChI=1S/C14H11BrClNOS/c15-11-2-1-3-12(13(11)14(17)19)18-8-9-4-6-10(16)7-5-9/h1-7H,8H2,(H2,17,19). The highest BCUT2D eigenvalue weighted by Crippen LogP contribution is 2.27. The minimum absolute atomic E-state index is 0.304. The van der Waals surface area contributed by atoms with Gasteiger partial charge in [0.05, 0.1) is 5.56 Å². The number of halogens is 2. The molecule has 19 heavy (non-hydrogen) atoms. The fourth-order valence-electron chi connectivity index (χ4n) is 1.61. The molecule has 98 valence electrons. The third-order valence-electron chi connectivity index (χ3n) is 2.53. The summed E-state index contributed by atoms with van der Waals surface area (Å²) >= 11 is 14.3. The van der Waals surface area contributed by atoms with Gasteiger partial charge in [0.2, 0.25) is 0 Å². The molecule has 0 spiro atoms. The van der Waals surface area contributed by atoms with Crippen LogP contribution in [0.4, 0.5) is 0 Å². The van der Waals surface area contributed by atoms with Gasteiger partial charge in [-0.2, -0.15) is 0 Å². The minimum Gasteiger partial charge on any atom is -0.488 e. The molecule has 2 aromatic carbocycles. The second-order valence-electron chi connectivity index (χ2n) is 3.89. The van der Waals surface area contributed by atoms with Crippen LogP contribution in [0.25, 0.3) is 0 Å². The molecule has 0 heterocycles. The normalized spacial score (nSPS) is 10.2. The van der Waals surface area contributed by atoms with Crippen LogP contribution in [0.1, 0.15) is 11.1 Å². The highest BCUT2D eigenvalue weighted by molar-refractivity contribution is 9.10. The van der Waals surface area contributed by atoms with Gasteiger partial charge < -0.3 is 10.5 Å². The Balaban J connectivity index is 2.18. The van der Waals surface area contributed by atoms with E-state index >= 15 is 0 Å². The van der Waals surface area contributed by atoms with Gasteiger partial charge in [0.15, 0.2) is 0 Å². The average Bonchev–Trinajstić information content (AvgIpc) is 2.37. The minimum atomic E-state index is 0.304. The summed E-state index contributed by atoms with van der Waals surface area (Å²) in [6.45, 7) is 0.434. The van der Waals surface area contributed by atoms with E-state index in [4.69, 9.17) is 34.3 Å². The first-order chi connectivity index (χ1) is 9.08. The van der Waals surface area contributed by atoms with Gasteiger partial charge in [0, 0.05) is 9.50 Å². The molecule has 2 aromatic rings. The maximum absolute atomic E-state index is 5.84. The van der Waals surface area contributed by atoms with E-state index < -0.39 is 0 Å². The topological polar surface area (TPSA) is 35.2 Å². The van der Waals surface area contributed by atoms with Crippen LogP contribution < -0.4 is 10.5 Å². The molecule has 0 aliphatic heterocycles. The van der Waals surface area contributed by atoms with Crippen molar-refractivity contribution < 1.29 is 4.74 Å².